The Morgan fingerprint density at radius 3 is 2.76 bits per heavy atom. The predicted octanol–water partition coefficient (Wildman–Crippen LogP) is 0.532. The average molecular weight is 236 g/mol. The number of ether oxygens (including phenoxy) is 2. The van der Waals surface area contributed by atoms with Gasteiger partial charge >= 0.3 is 5.97 Å². The van der Waals surface area contributed by atoms with Gasteiger partial charge in [-0.3, -0.25) is 9.78 Å². The lowest BCUT2D eigenvalue weighted by molar-refractivity contribution is -0.190. The Morgan fingerprint density at radius 2 is 2.35 bits per heavy atom. The summed E-state index contributed by atoms with van der Waals surface area (Å²) in [4.78, 5) is 16.2. The molecule has 0 amide bonds. The Labute approximate surface area is 100 Å². The van der Waals surface area contributed by atoms with Crippen molar-refractivity contribution in [2.24, 2.45) is 5.41 Å². The molecule has 0 aliphatic carbocycles. The van der Waals surface area contributed by atoms with Crippen molar-refractivity contribution in [3.63, 3.8) is 0 Å². The van der Waals surface area contributed by atoms with Crippen LogP contribution in [0, 0.1) is 5.41 Å². The number of carbonyl (C=O) groups is 1. The molecular formula is C12H16N2O3. The molecule has 2 rings (SSSR count). The number of esters is 1. The van der Waals surface area contributed by atoms with Gasteiger partial charge in [-0.05, 0) is 19.2 Å². The van der Waals surface area contributed by atoms with Gasteiger partial charge in [0.05, 0.1) is 32.1 Å². The Kier molecular flexibility index (Phi) is 3.40. The van der Waals surface area contributed by atoms with Gasteiger partial charge in [0.2, 0.25) is 0 Å². The third-order valence-electron chi connectivity index (χ3n) is 3.14. The minimum atomic E-state index is -0.655. The summed E-state index contributed by atoms with van der Waals surface area (Å²) in [5.41, 5.74) is 0.168. The molecular weight excluding hydrogens is 220 g/mol. The van der Waals surface area contributed by atoms with Crippen LogP contribution in [0.2, 0.25) is 0 Å². The van der Waals surface area contributed by atoms with E-state index in [1.54, 1.807) is 6.20 Å². The molecule has 0 radical (unpaired) electrons. The second-order valence-electron chi connectivity index (χ2n) is 4.12. The fourth-order valence-corrected chi connectivity index (χ4v) is 2.18. The van der Waals surface area contributed by atoms with E-state index in [1.807, 2.05) is 25.2 Å². The van der Waals surface area contributed by atoms with Gasteiger partial charge in [0.1, 0.15) is 5.41 Å². The standard InChI is InChI=1S/C12H16N2O3/c1-13-10(9-5-3-4-6-14-9)12(7-17-8-12)11(15)16-2/h3-6,10,13H,7-8H2,1-2H3. The number of nitrogens with zero attached hydrogens (tertiary/aromatic N) is 1. The van der Waals surface area contributed by atoms with Crippen molar-refractivity contribution >= 4 is 5.97 Å². The summed E-state index contributed by atoms with van der Waals surface area (Å²) >= 11 is 0. The van der Waals surface area contributed by atoms with Crippen molar-refractivity contribution in [1.82, 2.24) is 10.3 Å². The highest BCUT2D eigenvalue weighted by Crippen LogP contribution is 2.40. The van der Waals surface area contributed by atoms with Crippen molar-refractivity contribution in [3.05, 3.63) is 30.1 Å². The molecule has 5 nitrogen and oxygen atoms in total. The highest BCUT2D eigenvalue weighted by Gasteiger charge is 2.53. The Morgan fingerprint density at radius 1 is 1.59 bits per heavy atom. The summed E-state index contributed by atoms with van der Waals surface area (Å²) in [6.07, 6.45) is 1.71. The van der Waals surface area contributed by atoms with Crippen LogP contribution in [-0.4, -0.2) is 38.3 Å². The van der Waals surface area contributed by atoms with E-state index in [9.17, 15) is 4.79 Å². The molecule has 17 heavy (non-hydrogen) atoms. The molecule has 0 bridgehead atoms. The van der Waals surface area contributed by atoms with Gasteiger partial charge in [0, 0.05) is 6.20 Å². The number of hydrogen-bond donors (Lipinski definition) is 1. The van der Waals surface area contributed by atoms with Crippen molar-refractivity contribution in [2.45, 2.75) is 6.04 Å². The number of hydrogen-bond acceptors (Lipinski definition) is 5. The van der Waals surface area contributed by atoms with Crippen molar-refractivity contribution in [3.8, 4) is 0 Å². The predicted molar refractivity (Wildman–Crippen MR) is 61.3 cm³/mol. The van der Waals surface area contributed by atoms with Crippen LogP contribution >= 0.6 is 0 Å². The molecule has 1 aromatic heterocycles. The van der Waals surface area contributed by atoms with Crippen LogP contribution in [0.3, 0.4) is 0 Å². The summed E-state index contributed by atoms with van der Waals surface area (Å²) < 4.78 is 10.1. The fourth-order valence-electron chi connectivity index (χ4n) is 2.18. The second kappa shape index (κ2) is 4.81. The van der Waals surface area contributed by atoms with E-state index >= 15 is 0 Å². The molecule has 1 aliphatic heterocycles. The molecule has 1 N–H and O–H groups in total. The number of methoxy groups -OCH3 is 1. The van der Waals surface area contributed by atoms with Crippen LogP contribution < -0.4 is 5.32 Å². The number of aromatic nitrogens is 1. The Bertz CT molecular complexity index is 390. The third kappa shape index (κ3) is 1.92. The summed E-state index contributed by atoms with van der Waals surface area (Å²) in [6.45, 7) is 0.726. The minimum Gasteiger partial charge on any atom is -0.468 e. The molecule has 0 saturated carbocycles. The van der Waals surface area contributed by atoms with E-state index in [0.717, 1.165) is 5.69 Å². The molecule has 1 atom stereocenters. The largest absolute Gasteiger partial charge is 0.468 e. The van der Waals surface area contributed by atoms with Gasteiger partial charge in [-0.15, -0.1) is 0 Å². The summed E-state index contributed by atoms with van der Waals surface area (Å²) in [5, 5.41) is 3.13. The zero-order chi connectivity index (χ0) is 12.3. The van der Waals surface area contributed by atoms with Crippen molar-refractivity contribution < 1.29 is 14.3 Å². The first-order valence-corrected chi connectivity index (χ1v) is 5.49. The smallest absolute Gasteiger partial charge is 0.318 e. The molecule has 0 aromatic carbocycles. The van der Waals surface area contributed by atoms with Crippen LogP contribution in [0.25, 0.3) is 0 Å². The Balaban J connectivity index is 2.31. The van der Waals surface area contributed by atoms with Crippen LogP contribution in [0.1, 0.15) is 11.7 Å². The quantitative estimate of drug-likeness (QED) is 0.773. The zero-order valence-electron chi connectivity index (χ0n) is 9.97. The van der Waals surface area contributed by atoms with Gasteiger partial charge in [-0.25, -0.2) is 0 Å². The van der Waals surface area contributed by atoms with Crippen LogP contribution in [-0.2, 0) is 14.3 Å². The SMILES string of the molecule is CNC(c1ccccn1)C1(C(=O)OC)COC1. The highest BCUT2D eigenvalue weighted by atomic mass is 16.5. The highest BCUT2D eigenvalue weighted by molar-refractivity contribution is 5.79. The van der Waals surface area contributed by atoms with Crippen molar-refractivity contribution in [1.29, 1.82) is 0 Å². The van der Waals surface area contributed by atoms with Gasteiger partial charge in [-0.2, -0.15) is 0 Å². The fraction of sp³-hybridized carbons (Fsp3) is 0.500. The van der Waals surface area contributed by atoms with Crippen LogP contribution in [0.4, 0.5) is 0 Å². The normalized spacial score (nSPS) is 19.2. The summed E-state index contributed by atoms with van der Waals surface area (Å²) in [5.74, 6) is -0.256. The summed E-state index contributed by atoms with van der Waals surface area (Å²) in [7, 11) is 3.20. The zero-order valence-corrected chi connectivity index (χ0v) is 9.97. The second-order valence-corrected chi connectivity index (χ2v) is 4.12. The van der Waals surface area contributed by atoms with Gasteiger partial charge in [-0.1, -0.05) is 6.07 Å². The maximum atomic E-state index is 11.9. The van der Waals surface area contributed by atoms with Crippen molar-refractivity contribution in [2.75, 3.05) is 27.4 Å². The molecule has 1 aliphatic rings. The molecule has 2 heterocycles. The van der Waals surface area contributed by atoms with Gasteiger partial charge < -0.3 is 14.8 Å². The monoisotopic (exact) mass is 236 g/mol. The van der Waals surface area contributed by atoms with Gasteiger partial charge in [0.15, 0.2) is 0 Å². The summed E-state index contributed by atoms with van der Waals surface area (Å²) in [6, 6.07) is 5.45. The average Bonchev–Trinajstić information content (AvgIpc) is 2.33. The third-order valence-corrected chi connectivity index (χ3v) is 3.14. The maximum absolute atomic E-state index is 11.9. The van der Waals surface area contributed by atoms with Crippen LogP contribution in [0.5, 0.6) is 0 Å². The maximum Gasteiger partial charge on any atom is 0.318 e. The topological polar surface area (TPSA) is 60.5 Å². The molecule has 5 heteroatoms. The first kappa shape index (κ1) is 12.0. The number of nitrogens with one attached hydrogen (secondary N) is 1. The molecule has 1 fully saturated rings. The van der Waals surface area contributed by atoms with E-state index in [-0.39, 0.29) is 12.0 Å². The molecule has 92 valence electrons. The van der Waals surface area contributed by atoms with Crippen LogP contribution in [0.15, 0.2) is 24.4 Å². The number of rotatable bonds is 4. The van der Waals surface area contributed by atoms with Gasteiger partial charge in [0.25, 0.3) is 0 Å². The number of carbonyl (C=O) groups excluding carboxylic acids is 1. The lowest BCUT2D eigenvalue weighted by atomic mass is 9.76. The van der Waals surface area contributed by atoms with E-state index in [4.69, 9.17) is 9.47 Å². The first-order valence-electron chi connectivity index (χ1n) is 5.49. The first-order chi connectivity index (χ1) is 8.24. The van der Waals surface area contributed by atoms with E-state index in [2.05, 4.69) is 10.3 Å². The lowest BCUT2D eigenvalue weighted by Gasteiger charge is -2.43. The molecule has 1 aromatic rings. The molecule has 1 unspecified atom stereocenters. The molecule has 1 saturated heterocycles. The van der Waals surface area contributed by atoms with E-state index in [1.165, 1.54) is 7.11 Å². The van der Waals surface area contributed by atoms with E-state index < -0.39 is 5.41 Å². The number of pyridine rings is 1. The lowest BCUT2D eigenvalue weighted by Crippen LogP contribution is -2.57. The Hall–Kier alpha value is -1.46. The minimum absolute atomic E-state index is 0.190. The molecule has 0 spiro atoms. The van der Waals surface area contributed by atoms with E-state index in [0.29, 0.717) is 13.2 Å².